The van der Waals surface area contributed by atoms with Crippen molar-refractivity contribution in [1.82, 2.24) is 4.31 Å². The Hall–Kier alpha value is 0.0500. The molecule has 2 aliphatic rings. The molecule has 1 atom stereocenters. The number of piperidine rings is 1. The maximum Gasteiger partial charge on any atom is 0.0181 e. The van der Waals surface area contributed by atoms with Gasteiger partial charge in [0, 0.05) is 18.5 Å². The van der Waals surface area contributed by atoms with Crippen LogP contribution in [0.2, 0.25) is 0 Å². The van der Waals surface area contributed by atoms with Crippen LogP contribution in [0.25, 0.3) is 0 Å². The molecular weight excluding hydrogens is 202 g/mol. The Morgan fingerprint density at radius 3 is 2.67 bits per heavy atom. The molecule has 0 aromatic heterocycles. The van der Waals surface area contributed by atoms with Gasteiger partial charge in [-0.15, -0.1) is 0 Å². The van der Waals surface area contributed by atoms with E-state index < -0.39 is 0 Å². The van der Waals surface area contributed by atoms with Crippen molar-refractivity contribution in [2.75, 3.05) is 13.1 Å². The average molecular weight is 225 g/mol. The lowest BCUT2D eigenvalue weighted by Gasteiger charge is -2.41. The van der Waals surface area contributed by atoms with Crippen molar-refractivity contribution in [3.05, 3.63) is 11.1 Å². The van der Waals surface area contributed by atoms with Crippen molar-refractivity contribution < 1.29 is 0 Å². The molecule has 1 heterocycles. The van der Waals surface area contributed by atoms with Crippen LogP contribution in [0.3, 0.4) is 0 Å². The normalized spacial score (nSPS) is 33.4. The highest BCUT2D eigenvalue weighted by molar-refractivity contribution is 7.77. The van der Waals surface area contributed by atoms with Crippen molar-refractivity contribution in [3.8, 4) is 0 Å². The van der Waals surface area contributed by atoms with Crippen LogP contribution in [0.1, 0.15) is 46.5 Å². The molecular formula is C13H23NS. The van der Waals surface area contributed by atoms with Crippen LogP contribution in [0.15, 0.2) is 11.1 Å². The zero-order valence-corrected chi connectivity index (χ0v) is 11.1. The first-order valence-electron chi connectivity index (χ1n) is 6.19. The second kappa shape index (κ2) is 4.14. The fraction of sp³-hybridized carbons (Fsp3) is 0.846. The molecule has 1 aliphatic heterocycles. The highest BCUT2D eigenvalue weighted by atomic mass is 32.1. The summed E-state index contributed by atoms with van der Waals surface area (Å²) in [6.07, 6.45) is 5.38. The fourth-order valence-corrected chi connectivity index (χ4v) is 4.20. The van der Waals surface area contributed by atoms with E-state index in [0.717, 1.165) is 6.54 Å². The van der Waals surface area contributed by atoms with Crippen LogP contribution < -0.4 is 0 Å². The predicted octanol–water partition coefficient (Wildman–Crippen LogP) is 3.68. The number of hydrogen-bond acceptors (Lipinski definition) is 2. The maximum absolute atomic E-state index is 4.56. The van der Waals surface area contributed by atoms with Crippen LogP contribution in [0.4, 0.5) is 0 Å². The minimum atomic E-state index is 0.484. The SMILES string of the molecule is CC1=C(C(C)C)C2(CCCN(S)C2)CC1. The van der Waals surface area contributed by atoms with Gasteiger partial charge >= 0.3 is 0 Å². The molecule has 1 nitrogen and oxygen atoms in total. The summed E-state index contributed by atoms with van der Waals surface area (Å²) in [5.41, 5.74) is 3.90. The van der Waals surface area contributed by atoms with Gasteiger partial charge in [0.05, 0.1) is 0 Å². The van der Waals surface area contributed by atoms with E-state index in [9.17, 15) is 0 Å². The lowest BCUT2D eigenvalue weighted by Crippen LogP contribution is -2.39. The quantitative estimate of drug-likeness (QED) is 0.526. The third-order valence-electron chi connectivity index (χ3n) is 4.14. The number of rotatable bonds is 1. The minimum absolute atomic E-state index is 0.484. The highest BCUT2D eigenvalue weighted by Crippen LogP contribution is 2.51. The van der Waals surface area contributed by atoms with Gasteiger partial charge in [-0.05, 0) is 38.5 Å². The Morgan fingerprint density at radius 1 is 1.33 bits per heavy atom. The van der Waals surface area contributed by atoms with E-state index in [4.69, 9.17) is 0 Å². The number of nitrogens with zero attached hydrogens (tertiary/aromatic N) is 1. The molecule has 2 rings (SSSR count). The van der Waals surface area contributed by atoms with E-state index in [-0.39, 0.29) is 0 Å². The third kappa shape index (κ3) is 1.99. The van der Waals surface area contributed by atoms with Gasteiger partial charge in [0.15, 0.2) is 0 Å². The molecule has 0 bridgehead atoms. The van der Waals surface area contributed by atoms with Gasteiger partial charge in [0.2, 0.25) is 0 Å². The zero-order valence-electron chi connectivity index (χ0n) is 10.2. The highest BCUT2D eigenvalue weighted by Gasteiger charge is 2.42. The zero-order chi connectivity index (χ0) is 11.1. The lowest BCUT2D eigenvalue weighted by molar-refractivity contribution is 0.185. The maximum atomic E-state index is 4.56. The van der Waals surface area contributed by atoms with Gasteiger partial charge < -0.3 is 0 Å². The Balaban J connectivity index is 2.28. The van der Waals surface area contributed by atoms with Crippen LogP contribution in [-0.4, -0.2) is 17.4 Å². The first-order valence-corrected chi connectivity index (χ1v) is 6.59. The summed E-state index contributed by atoms with van der Waals surface area (Å²) in [4.78, 5) is 0. The molecule has 0 radical (unpaired) electrons. The van der Waals surface area contributed by atoms with Gasteiger partial charge in [-0.2, -0.15) is 0 Å². The second-order valence-electron chi connectivity index (χ2n) is 5.62. The molecule has 0 N–H and O–H groups in total. The van der Waals surface area contributed by atoms with Gasteiger partial charge in [-0.25, -0.2) is 0 Å². The molecule has 1 aliphatic carbocycles. The molecule has 1 fully saturated rings. The monoisotopic (exact) mass is 225 g/mol. The van der Waals surface area contributed by atoms with Crippen molar-refractivity contribution in [2.24, 2.45) is 11.3 Å². The number of hydrogen-bond donors (Lipinski definition) is 1. The molecule has 0 amide bonds. The summed E-state index contributed by atoms with van der Waals surface area (Å²) in [5.74, 6) is 0.715. The van der Waals surface area contributed by atoms with Crippen LogP contribution in [0, 0.1) is 11.3 Å². The average Bonchev–Trinajstić information content (AvgIpc) is 2.43. The first kappa shape index (κ1) is 11.5. The van der Waals surface area contributed by atoms with Gasteiger partial charge in [-0.1, -0.05) is 37.8 Å². The molecule has 0 aromatic carbocycles. The first-order chi connectivity index (χ1) is 7.05. The second-order valence-corrected chi connectivity index (χ2v) is 6.19. The van der Waals surface area contributed by atoms with E-state index in [2.05, 4.69) is 37.9 Å². The third-order valence-corrected chi connectivity index (χ3v) is 4.49. The molecule has 2 heteroatoms. The van der Waals surface area contributed by atoms with Gasteiger partial charge in [0.25, 0.3) is 0 Å². The number of allylic oxidation sites excluding steroid dienone is 1. The molecule has 1 unspecified atom stereocenters. The summed E-state index contributed by atoms with van der Waals surface area (Å²) in [7, 11) is 0. The van der Waals surface area contributed by atoms with Gasteiger partial charge in [-0.3, -0.25) is 4.31 Å². The molecule has 86 valence electrons. The lowest BCUT2D eigenvalue weighted by atomic mass is 9.71. The smallest absolute Gasteiger partial charge is 0.0181 e. The molecule has 1 spiro atoms. The van der Waals surface area contributed by atoms with E-state index >= 15 is 0 Å². The van der Waals surface area contributed by atoms with Crippen molar-refractivity contribution in [3.63, 3.8) is 0 Å². The van der Waals surface area contributed by atoms with E-state index in [1.54, 1.807) is 11.1 Å². The summed E-state index contributed by atoms with van der Waals surface area (Å²) in [6.45, 7) is 9.37. The van der Waals surface area contributed by atoms with E-state index in [0.29, 0.717) is 11.3 Å². The molecule has 0 aromatic rings. The number of thiol groups is 1. The standard InChI is InChI=1S/C13H23NS/c1-10(2)12-11(3)5-7-13(12)6-4-8-14(15)9-13/h10,15H,4-9H2,1-3H3. The van der Waals surface area contributed by atoms with E-state index in [1.165, 1.54) is 32.2 Å². The Morgan fingerprint density at radius 2 is 2.07 bits per heavy atom. The summed E-state index contributed by atoms with van der Waals surface area (Å²) in [6, 6.07) is 0. The van der Waals surface area contributed by atoms with Crippen molar-refractivity contribution in [1.29, 1.82) is 0 Å². The Bertz CT molecular complexity index is 282. The molecule has 1 saturated heterocycles. The predicted molar refractivity (Wildman–Crippen MR) is 69.0 cm³/mol. The van der Waals surface area contributed by atoms with Crippen molar-refractivity contribution >= 4 is 12.8 Å². The minimum Gasteiger partial charge on any atom is -0.252 e. The van der Waals surface area contributed by atoms with Crippen molar-refractivity contribution in [2.45, 2.75) is 46.5 Å². The molecule has 0 saturated carbocycles. The summed E-state index contributed by atoms with van der Waals surface area (Å²) < 4.78 is 2.23. The Kier molecular flexibility index (Phi) is 3.18. The van der Waals surface area contributed by atoms with E-state index in [1.807, 2.05) is 0 Å². The largest absolute Gasteiger partial charge is 0.252 e. The molecule has 15 heavy (non-hydrogen) atoms. The van der Waals surface area contributed by atoms with Crippen LogP contribution in [-0.2, 0) is 0 Å². The fourth-order valence-electron chi connectivity index (χ4n) is 3.79. The topological polar surface area (TPSA) is 3.24 Å². The summed E-state index contributed by atoms with van der Waals surface area (Å²) in [5, 5.41) is 0. The summed E-state index contributed by atoms with van der Waals surface area (Å²) >= 11 is 4.56. The van der Waals surface area contributed by atoms with Gasteiger partial charge in [0.1, 0.15) is 0 Å². The van der Waals surface area contributed by atoms with Crippen LogP contribution in [0.5, 0.6) is 0 Å². The van der Waals surface area contributed by atoms with Crippen LogP contribution >= 0.6 is 12.8 Å². The Labute approximate surface area is 99.5 Å².